The van der Waals surface area contributed by atoms with Gasteiger partial charge in [-0.3, -0.25) is 0 Å². The van der Waals surface area contributed by atoms with Crippen LogP contribution in [0.3, 0.4) is 0 Å². The molecule has 0 saturated heterocycles. The molecule has 0 fully saturated rings. The van der Waals surface area contributed by atoms with Crippen LogP contribution in [0, 0.1) is 0 Å². The minimum absolute atomic E-state index is 0.174. The Morgan fingerprint density at radius 1 is 1.50 bits per heavy atom. The van der Waals surface area contributed by atoms with Crippen LogP contribution in [0.1, 0.15) is 39.5 Å². The molecular weight excluding hydrogens is 154 g/mol. The van der Waals surface area contributed by atoms with Crippen LogP contribution in [-0.2, 0) is 0 Å². The van der Waals surface area contributed by atoms with Gasteiger partial charge in [-0.1, -0.05) is 31.3 Å². The van der Waals surface area contributed by atoms with E-state index in [1.807, 2.05) is 0 Å². The van der Waals surface area contributed by atoms with Crippen molar-refractivity contribution in [1.29, 1.82) is 0 Å². The maximum absolute atomic E-state index is 9.61. The summed E-state index contributed by atoms with van der Waals surface area (Å²) in [4.78, 5) is 2.61. The number of rotatable bonds is 6. The smallest absolute Gasteiger partial charge is 0.0676 e. The van der Waals surface area contributed by atoms with Gasteiger partial charge in [-0.25, -0.2) is 0 Å². The average Bonchev–Trinajstić information content (AvgIpc) is 2.01. The van der Waals surface area contributed by atoms with E-state index in [1.54, 1.807) is 6.92 Å². The largest absolute Gasteiger partial charge is 0.390 e. The second-order valence-electron chi connectivity index (χ2n) is 3.34. The van der Waals surface area contributed by atoms with Crippen molar-refractivity contribution in [1.82, 2.24) is 0 Å². The van der Waals surface area contributed by atoms with E-state index < -0.39 is 5.60 Å². The molecule has 0 bridgehead atoms. The van der Waals surface area contributed by atoms with Gasteiger partial charge in [0, 0.05) is 4.91 Å². The monoisotopic (exact) mass is 171 g/mol. The van der Waals surface area contributed by atoms with Crippen LogP contribution < -0.4 is 0 Å². The molecule has 1 atom stereocenters. The number of hydrogen-bond donors (Lipinski definition) is 1. The van der Waals surface area contributed by atoms with Crippen molar-refractivity contribution in [3.63, 3.8) is 0 Å². The van der Waals surface area contributed by atoms with Crippen LogP contribution in [-0.4, -0.2) is 17.3 Å². The van der Waals surface area contributed by atoms with Gasteiger partial charge >= 0.3 is 0 Å². The van der Waals surface area contributed by atoms with Crippen molar-refractivity contribution < 1.29 is 5.11 Å². The third-order valence-electron chi connectivity index (χ3n) is 1.79. The van der Waals surface area contributed by atoms with Crippen LogP contribution in [0.15, 0.2) is 5.11 Å². The molecule has 4 heteroatoms. The van der Waals surface area contributed by atoms with E-state index in [-0.39, 0.29) is 6.54 Å². The molecular formula is C8H17N3O. The summed E-state index contributed by atoms with van der Waals surface area (Å²) < 4.78 is 0. The first-order chi connectivity index (χ1) is 5.62. The predicted octanol–water partition coefficient (Wildman–Crippen LogP) is 2.63. The average molecular weight is 171 g/mol. The van der Waals surface area contributed by atoms with E-state index in [0.717, 1.165) is 19.3 Å². The van der Waals surface area contributed by atoms with Crippen molar-refractivity contribution in [2.24, 2.45) is 5.11 Å². The summed E-state index contributed by atoms with van der Waals surface area (Å²) in [6.07, 6.45) is 3.95. The van der Waals surface area contributed by atoms with Crippen molar-refractivity contribution in [2.45, 2.75) is 45.1 Å². The normalized spacial score (nSPS) is 14.9. The quantitative estimate of drug-likeness (QED) is 0.284. The molecule has 0 radical (unpaired) electrons. The van der Waals surface area contributed by atoms with Gasteiger partial charge in [-0.05, 0) is 18.9 Å². The Labute approximate surface area is 73.2 Å². The molecule has 0 amide bonds. The van der Waals surface area contributed by atoms with Crippen molar-refractivity contribution in [3.05, 3.63) is 10.4 Å². The van der Waals surface area contributed by atoms with Gasteiger partial charge in [0.1, 0.15) is 0 Å². The first-order valence-corrected chi connectivity index (χ1v) is 4.35. The summed E-state index contributed by atoms with van der Waals surface area (Å²) in [7, 11) is 0. The standard InChI is InChI=1S/C8H17N3O/c1-3-4-5-6-8(2,12)7-10-11-9/h12H,3-7H2,1-2H3/t8-/m1/s1. The molecule has 0 saturated carbocycles. The van der Waals surface area contributed by atoms with Gasteiger partial charge in [-0.15, -0.1) is 0 Å². The molecule has 0 spiro atoms. The second-order valence-corrected chi connectivity index (χ2v) is 3.34. The summed E-state index contributed by atoms with van der Waals surface area (Å²) in [6, 6.07) is 0. The fourth-order valence-electron chi connectivity index (χ4n) is 1.02. The summed E-state index contributed by atoms with van der Waals surface area (Å²) >= 11 is 0. The predicted molar refractivity (Wildman–Crippen MR) is 48.8 cm³/mol. The summed E-state index contributed by atoms with van der Waals surface area (Å²) in [6.45, 7) is 3.99. The zero-order valence-corrected chi connectivity index (χ0v) is 7.82. The second kappa shape index (κ2) is 5.86. The van der Waals surface area contributed by atoms with E-state index in [1.165, 1.54) is 0 Å². The molecule has 0 aliphatic carbocycles. The lowest BCUT2D eigenvalue weighted by atomic mass is 9.99. The molecule has 1 N–H and O–H groups in total. The van der Waals surface area contributed by atoms with Gasteiger partial charge < -0.3 is 5.11 Å². The van der Waals surface area contributed by atoms with E-state index in [4.69, 9.17) is 5.53 Å². The van der Waals surface area contributed by atoms with E-state index >= 15 is 0 Å². The van der Waals surface area contributed by atoms with Gasteiger partial charge in [0.2, 0.25) is 0 Å². The van der Waals surface area contributed by atoms with Crippen LogP contribution >= 0.6 is 0 Å². The summed E-state index contributed by atoms with van der Waals surface area (Å²) in [5.74, 6) is 0. The zero-order chi connectivity index (χ0) is 9.45. The highest BCUT2D eigenvalue weighted by atomic mass is 16.3. The lowest BCUT2D eigenvalue weighted by Gasteiger charge is -2.20. The van der Waals surface area contributed by atoms with Gasteiger partial charge in [0.05, 0.1) is 12.1 Å². The fraction of sp³-hybridized carbons (Fsp3) is 1.00. The molecule has 12 heavy (non-hydrogen) atoms. The highest BCUT2D eigenvalue weighted by Crippen LogP contribution is 2.14. The molecule has 0 aromatic heterocycles. The maximum Gasteiger partial charge on any atom is 0.0676 e. The minimum atomic E-state index is -0.818. The van der Waals surface area contributed by atoms with E-state index in [0.29, 0.717) is 6.42 Å². The highest BCUT2D eigenvalue weighted by molar-refractivity contribution is 4.75. The number of hydrogen-bond acceptors (Lipinski definition) is 2. The number of unbranched alkanes of at least 4 members (excludes halogenated alkanes) is 2. The molecule has 0 aliphatic rings. The Bertz CT molecular complexity index is 162. The molecule has 0 heterocycles. The molecule has 0 rings (SSSR count). The lowest BCUT2D eigenvalue weighted by molar-refractivity contribution is 0.0574. The molecule has 0 aromatic carbocycles. The molecule has 4 nitrogen and oxygen atoms in total. The zero-order valence-electron chi connectivity index (χ0n) is 7.82. The minimum Gasteiger partial charge on any atom is -0.390 e. The fourth-order valence-corrected chi connectivity index (χ4v) is 1.02. The first kappa shape index (κ1) is 11.3. The van der Waals surface area contributed by atoms with Crippen molar-refractivity contribution in [2.75, 3.05) is 6.54 Å². The Morgan fingerprint density at radius 2 is 2.17 bits per heavy atom. The molecule has 0 aliphatic heterocycles. The Kier molecular flexibility index (Phi) is 5.51. The third kappa shape index (κ3) is 6.01. The van der Waals surface area contributed by atoms with Crippen LogP contribution in [0.5, 0.6) is 0 Å². The van der Waals surface area contributed by atoms with Crippen LogP contribution in [0.25, 0.3) is 10.4 Å². The summed E-state index contributed by atoms with van der Waals surface area (Å²) in [5.41, 5.74) is 7.23. The number of nitrogens with zero attached hydrogens (tertiary/aromatic N) is 3. The molecule has 70 valence electrons. The Morgan fingerprint density at radius 3 is 2.67 bits per heavy atom. The summed E-state index contributed by atoms with van der Waals surface area (Å²) in [5, 5.41) is 13.0. The Balaban J connectivity index is 3.62. The maximum atomic E-state index is 9.61. The van der Waals surface area contributed by atoms with Crippen LogP contribution in [0.2, 0.25) is 0 Å². The topological polar surface area (TPSA) is 69.0 Å². The SMILES string of the molecule is CCCCC[C@@](C)(O)CN=[N+]=[N-]. The van der Waals surface area contributed by atoms with Gasteiger partial charge in [0.15, 0.2) is 0 Å². The van der Waals surface area contributed by atoms with E-state index in [9.17, 15) is 5.11 Å². The molecule has 0 unspecified atom stereocenters. The van der Waals surface area contributed by atoms with Gasteiger partial charge in [0.25, 0.3) is 0 Å². The van der Waals surface area contributed by atoms with Gasteiger partial charge in [-0.2, -0.15) is 0 Å². The third-order valence-corrected chi connectivity index (χ3v) is 1.79. The molecule has 0 aromatic rings. The van der Waals surface area contributed by atoms with Crippen molar-refractivity contribution in [3.8, 4) is 0 Å². The van der Waals surface area contributed by atoms with E-state index in [2.05, 4.69) is 16.9 Å². The van der Waals surface area contributed by atoms with Crippen LogP contribution in [0.4, 0.5) is 0 Å². The lowest BCUT2D eigenvalue weighted by Crippen LogP contribution is -2.27. The number of aliphatic hydroxyl groups is 1. The highest BCUT2D eigenvalue weighted by Gasteiger charge is 2.17. The van der Waals surface area contributed by atoms with Crippen molar-refractivity contribution >= 4 is 0 Å². The first-order valence-electron chi connectivity index (χ1n) is 4.35. The number of azide groups is 1. The Hall–Kier alpha value is -0.730.